The van der Waals surface area contributed by atoms with Crippen LogP contribution in [0.2, 0.25) is 0 Å². The highest BCUT2D eigenvalue weighted by Gasteiger charge is 2.08. The number of hydrogen-bond donors (Lipinski definition) is 2. The summed E-state index contributed by atoms with van der Waals surface area (Å²) in [6.07, 6.45) is 5.90. The number of piperazine rings is 1. The highest BCUT2D eigenvalue weighted by Crippen LogP contribution is 2.00. The second-order valence-electron chi connectivity index (χ2n) is 5.15. The van der Waals surface area contributed by atoms with Crippen molar-refractivity contribution in [3.8, 4) is 0 Å². The molecule has 2 heterocycles. The minimum atomic E-state index is 0.141. The molecule has 2 rings (SSSR count). The van der Waals surface area contributed by atoms with Crippen LogP contribution in [0.25, 0.3) is 0 Å². The lowest BCUT2D eigenvalue weighted by Gasteiger charge is -2.27. The molecule has 0 saturated carbocycles. The fourth-order valence-electron chi connectivity index (χ4n) is 2.36. The van der Waals surface area contributed by atoms with Crippen molar-refractivity contribution in [3.63, 3.8) is 0 Å². The monoisotopic (exact) mass is 276 g/mol. The summed E-state index contributed by atoms with van der Waals surface area (Å²) in [5.41, 5.74) is 1.16. The number of aromatic nitrogens is 1. The van der Waals surface area contributed by atoms with Crippen molar-refractivity contribution in [2.45, 2.75) is 19.3 Å². The Hall–Kier alpha value is -1.46. The van der Waals surface area contributed by atoms with E-state index in [-0.39, 0.29) is 5.91 Å². The molecule has 0 aromatic carbocycles. The first kappa shape index (κ1) is 14.9. The second kappa shape index (κ2) is 8.66. The van der Waals surface area contributed by atoms with Crippen LogP contribution in [0.4, 0.5) is 0 Å². The van der Waals surface area contributed by atoms with Gasteiger partial charge in [-0.2, -0.15) is 0 Å². The number of carbonyl (C=O) groups excluding carboxylic acids is 1. The van der Waals surface area contributed by atoms with Crippen molar-refractivity contribution in [1.82, 2.24) is 20.5 Å². The van der Waals surface area contributed by atoms with Crippen LogP contribution in [0.15, 0.2) is 24.5 Å². The second-order valence-corrected chi connectivity index (χ2v) is 5.15. The smallest absolute Gasteiger partial charge is 0.220 e. The van der Waals surface area contributed by atoms with Gasteiger partial charge in [0.2, 0.25) is 5.91 Å². The Balaban J connectivity index is 1.51. The summed E-state index contributed by atoms with van der Waals surface area (Å²) in [6, 6.07) is 3.91. The average Bonchev–Trinajstić information content (AvgIpc) is 2.52. The maximum Gasteiger partial charge on any atom is 0.220 e. The van der Waals surface area contributed by atoms with Crippen LogP contribution < -0.4 is 10.6 Å². The molecular formula is C15H24N4O. The molecular weight excluding hydrogens is 252 g/mol. The Kier molecular flexibility index (Phi) is 6.47. The van der Waals surface area contributed by atoms with Gasteiger partial charge in [-0.15, -0.1) is 0 Å². The minimum Gasteiger partial charge on any atom is -0.356 e. The zero-order valence-electron chi connectivity index (χ0n) is 12.0. The normalized spacial score (nSPS) is 16.0. The van der Waals surface area contributed by atoms with Crippen LogP contribution in [-0.2, 0) is 11.2 Å². The standard InChI is InChI=1S/C15H24N4O/c20-15(3-2-14-4-7-16-8-5-14)18-6-1-11-19-12-9-17-10-13-19/h4-5,7-8,17H,1-3,6,9-13H2,(H,18,20). The van der Waals surface area contributed by atoms with Crippen LogP contribution in [0.1, 0.15) is 18.4 Å². The molecule has 1 aliphatic rings. The van der Waals surface area contributed by atoms with E-state index in [0.717, 1.165) is 57.7 Å². The van der Waals surface area contributed by atoms with E-state index in [1.807, 2.05) is 12.1 Å². The average molecular weight is 276 g/mol. The molecule has 0 spiro atoms. The molecule has 1 aliphatic heterocycles. The fourth-order valence-corrected chi connectivity index (χ4v) is 2.36. The van der Waals surface area contributed by atoms with Crippen molar-refractivity contribution in [3.05, 3.63) is 30.1 Å². The molecule has 0 bridgehead atoms. The third-order valence-electron chi connectivity index (χ3n) is 3.57. The number of hydrogen-bond acceptors (Lipinski definition) is 4. The molecule has 0 radical (unpaired) electrons. The van der Waals surface area contributed by atoms with Gasteiger partial charge in [0.15, 0.2) is 0 Å². The molecule has 5 nitrogen and oxygen atoms in total. The Morgan fingerprint density at radius 2 is 2.05 bits per heavy atom. The van der Waals surface area contributed by atoms with Gasteiger partial charge in [-0.1, -0.05) is 0 Å². The van der Waals surface area contributed by atoms with Gasteiger partial charge < -0.3 is 15.5 Å². The van der Waals surface area contributed by atoms with E-state index in [1.54, 1.807) is 12.4 Å². The molecule has 1 amide bonds. The fraction of sp³-hybridized carbons (Fsp3) is 0.600. The first-order valence-electron chi connectivity index (χ1n) is 7.43. The molecule has 1 aromatic heterocycles. The molecule has 1 saturated heterocycles. The van der Waals surface area contributed by atoms with E-state index >= 15 is 0 Å². The maximum absolute atomic E-state index is 11.7. The first-order chi connectivity index (χ1) is 9.84. The molecule has 110 valence electrons. The Morgan fingerprint density at radius 3 is 2.80 bits per heavy atom. The summed E-state index contributed by atoms with van der Waals surface area (Å²) in [4.78, 5) is 18.1. The van der Waals surface area contributed by atoms with Gasteiger partial charge in [0.1, 0.15) is 0 Å². The van der Waals surface area contributed by atoms with Crippen molar-refractivity contribution in [2.24, 2.45) is 0 Å². The van der Waals surface area contributed by atoms with Gasteiger partial charge in [0, 0.05) is 51.5 Å². The van der Waals surface area contributed by atoms with E-state index in [1.165, 1.54) is 0 Å². The number of pyridine rings is 1. The summed E-state index contributed by atoms with van der Waals surface area (Å²) >= 11 is 0. The number of rotatable bonds is 7. The third-order valence-corrected chi connectivity index (χ3v) is 3.57. The Morgan fingerprint density at radius 1 is 1.30 bits per heavy atom. The van der Waals surface area contributed by atoms with Crippen molar-refractivity contribution in [1.29, 1.82) is 0 Å². The van der Waals surface area contributed by atoms with Gasteiger partial charge >= 0.3 is 0 Å². The van der Waals surface area contributed by atoms with Crippen LogP contribution in [0.5, 0.6) is 0 Å². The zero-order valence-corrected chi connectivity index (χ0v) is 12.0. The molecule has 20 heavy (non-hydrogen) atoms. The summed E-state index contributed by atoms with van der Waals surface area (Å²) in [5.74, 6) is 0.141. The van der Waals surface area contributed by atoms with Crippen LogP contribution >= 0.6 is 0 Å². The molecule has 0 aliphatic carbocycles. The molecule has 2 N–H and O–H groups in total. The van der Waals surface area contributed by atoms with Gasteiger partial charge in [-0.05, 0) is 37.1 Å². The predicted octanol–water partition coefficient (Wildman–Crippen LogP) is 0.426. The van der Waals surface area contributed by atoms with E-state index in [0.29, 0.717) is 6.42 Å². The van der Waals surface area contributed by atoms with Crippen molar-refractivity contribution in [2.75, 3.05) is 39.3 Å². The van der Waals surface area contributed by atoms with Crippen LogP contribution in [0.3, 0.4) is 0 Å². The van der Waals surface area contributed by atoms with E-state index in [2.05, 4.69) is 20.5 Å². The van der Waals surface area contributed by atoms with Crippen molar-refractivity contribution < 1.29 is 4.79 Å². The van der Waals surface area contributed by atoms with Gasteiger partial charge in [-0.25, -0.2) is 0 Å². The van der Waals surface area contributed by atoms with E-state index in [4.69, 9.17) is 0 Å². The predicted molar refractivity (Wildman–Crippen MR) is 79.5 cm³/mol. The molecule has 0 atom stereocenters. The van der Waals surface area contributed by atoms with Gasteiger partial charge in [0.05, 0.1) is 0 Å². The summed E-state index contributed by atoms with van der Waals surface area (Å²) < 4.78 is 0. The Labute approximate surface area is 120 Å². The number of aryl methyl sites for hydroxylation is 1. The SMILES string of the molecule is O=C(CCc1ccncc1)NCCCN1CCNCC1. The minimum absolute atomic E-state index is 0.141. The Bertz CT molecular complexity index is 390. The summed E-state index contributed by atoms with van der Waals surface area (Å²) in [6.45, 7) is 6.26. The zero-order chi connectivity index (χ0) is 14.0. The van der Waals surface area contributed by atoms with Gasteiger partial charge in [-0.3, -0.25) is 9.78 Å². The molecule has 1 fully saturated rings. The highest BCUT2D eigenvalue weighted by atomic mass is 16.1. The lowest BCUT2D eigenvalue weighted by molar-refractivity contribution is -0.121. The van der Waals surface area contributed by atoms with Crippen LogP contribution in [0, 0.1) is 0 Å². The lowest BCUT2D eigenvalue weighted by atomic mass is 10.1. The topological polar surface area (TPSA) is 57.3 Å². The number of carbonyl (C=O) groups is 1. The third kappa shape index (κ3) is 5.67. The molecule has 5 heteroatoms. The first-order valence-corrected chi connectivity index (χ1v) is 7.43. The lowest BCUT2D eigenvalue weighted by Crippen LogP contribution is -2.44. The number of amides is 1. The maximum atomic E-state index is 11.7. The highest BCUT2D eigenvalue weighted by molar-refractivity contribution is 5.76. The largest absolute Gasteiger partial charge is 0.356 e. The molecule has 1 aromatic rings. The quantitative estimate of drug-likeness (QED) is 0.709. The van der Waals surface area contributed by atoms with Crippen molar-refractivity contribution >= 4 is 5.91 Å². The van der Waals surface area contributed by atoms with E-state index in [9.17, 15) is 4.79 Å². The number of nitrogens with one attached hydrogen (secondary N) is 2. The number of nitrogens with zero attached hydrogens (tertiary/aromatic N) is 2. The summed E-state index contributed by atoms with van der Waals surface area (Å²) in [5, 5.41) is 6.34. The van der Waals surface area contributed by atoms with Crippen LogP contribution in [-0.4, -0.2) is 55.1 Å². The molecule has 0 unspecified atom stereocenters. The van der Waals surface area contributed by atoms with Gasteiger partial charge in [0.25, 0.3) is 0 Å². The summed E-state index contributed by atoms with van der Waals surface area (Å²) in [7, 11) is 0. The van der Waals surface area contributed by atoms with E-state index < -0.39 is 0 Å².